The predicted octanol–water partition coefficient (Wildman–Crippen LogP) is 3.27. The van der Waals surface area contributed by atoms with Crippen LogP contribution < -0.4 is 5.32 Å². The van der Waals surface area contributed by atoms with Gasteiger partial charge in [-0.2, -0.15) is 14.8 Å². The largest absolute Gasteiger partial charge is 0.366 e. The van der Waals surface area contributed by atoms with Crippen LogP contribution in [0.5, 0.6) is 0 Å². The summed E-state index contributed by atoms with van der Waals surface area (Å²) in [5.41, 5.74) is 4.53. The van der Waals surface area contributed by atoms with Crippen molar-refractivity contribution in [1.82, 2.24) is 39.8 Å². The molecule has 2 N–H and O–H groups in total. The molecule has 10 heteroatoms. The molecule has 4 aromatic heterocycles. The van der Waals surface area contributed by atoms with Crippen molar-refractivity contribution < 1.29 is 0 Å². The van der Waals surface area contributed by atoms with Gasteiger partial charge < -0.3 is 9.88 Å². The summed E-state index contributed by atoms with van der Waals surface area (Å²) in [6, 6.07) is 14.1. The first kappa shape index (κ1) is 17.4. The minimum absolute atomic E-state index is 0.533. The van der Waals surface area contributed by atoms with Crippen molar-refractivity contribution in [3.63, 3.8) is 0 Å². The molecule has 1 aromatic carbocycles. The van der Waals surface area contributed by atoms with Crippen molar-refractivity contribution in [3.05, 3.63) is 71.1 Å². The van der Waals surface area contributed by atoms with E-state index < -0.39 is 0 Å². The van der Waals surface area contributed by atoms with E-state index in [0.29, 0.717) is 23.0 Å². The third kappa shape index (κ3) is 3.21. The first-order chi connectivity index (χ1) is 14.2. The van der Waals surface area contributed by atoms with Crippen LogP contribution in [0.4, 0.5) is 5.82 Å². The monoisotopic (exact) mass is 405 g/mol. The molecule has 5 rings (SSSR count). The van der Waals surface area contributed by atoms with Gasteiger partial charge in [-0.1, -0.05) is 23.7 Å². The highest BCUT2D eigenvalue weighted by Gasteiger charge is 2.11. The van der Waals surface area contributed by atoms with Crippen LogP contribution in [-0.4, -0.2) is 39.8 Å². The quantitative estimate of drug-likeness (QED) is 0.465. The number of nitrogens with one attached hydrogen (secondary N) is 2. The highest BCUT2D eigenvalue weighted by atomic mass is 35.5. The maximum atomic E-state index is 6.16. The van der Waals surface area contributed by atoms with Gasteiger partial charge in [0.1, 0.15) is 10.8 Å². The summed E-state index contributed by atoms with van der Waals surface area (Å²) in [5.74, 6) is 1.39. The van der Waals surface area contributed by atoms with E-state index in [-0.39, 0.29) is 0 Å². The van der Waals surface area contributed by atoms with Gasteiger partial charge in [0.15, 0.2) is 5.65 Å². The van der Waals surface area contributed by atoms with E-state index in [2.05, 4.69) is 60.3 Å². The van der Waals surface area contributed by atoms with Crippen LogP contribution in [0.1, 0.15) is 11.3 Å². The number of benzene rings is 1. The van der Waals surface area contributed by atoms with E-state index in [1.165, 1.54) is 0 Å². The molecule has 0 atom stereocenters. The molecule has 0 saturated heterocycles. The molecule has 0 radical (unpaired) electrons. The smallest absolute Gasteiger partial charge is 0.221 e. The maximum Gasteiger partial charge on any atom is 0.221 e. The number of aryl methyl sites for hydroxylation is 1. The van der Waals surface area contributed by atoms with Crippen molar-refractivity contribution in [1.29, 1.82) is 0 Å². The number of tetrazole rings is 1. The van der Waals surface area contributed by atoms with Crippen molar-refractivity contribution in [2.45, 2.75) is 13.5 Å². The van der Waals surface area contributed by atoms with Crippen molar-refractivity contribution in [2.24, 2.45) is 0 Å². The number of anilines is 1. The van der Waals surface area contributed by atoms with E-state index in [9.17, 15) is 0 Å². The van der Waals surface area contributed by atoms with E-state index in [0.717, 1.165) is 28.5 Å². The molecule has 4 heterocycles. The van der Waals surface area contributed by atoms with Crippen LogP contribution in [0, 0.1) is 6.92 Å². The Morgan fingerprint density at radius 2 is 2.03 bits per heavy atom. The molecule has 0 fully saturated rings. The van der Waals surface area contributed by atoms with Gasteiger partial charge in [0, 0.05) is 30.2 Å². The molecule has 0 bridgehead atoms. The highest BCUT2D eigenvalue weighted by molar-refractivity contribution is 6.33. The third-order valence-electron chi connectivity index (χ3n) is 4.57. The van der Waals surface area contributed by atoms with Gasteiger partial charge in [0.2, 0.25) is 5.82 Å². The number of aromatic amines is 1. The summed E-state index contributed by atoms with van der Waals surface area (Å²) >= 11 is 6.16. The lowest BCUT2D eigenvalue weighted by Gasteiger charge is -2.11. The summed E-state index contributed by atoms with van der Waals surface area (Å²) in [4.78, 5) is 4.43. The number of hydrogen-bond acceptors (Lipinski definition) is 6. The Bertz CT molecular complexity index is 1270. The number of hydrogen-bond donors (Lipinski definition) is 2. The van der Waals surface area contributed by atoms with Crippen LogP contribution in [0.25, 0.3) is 22.9 Å². The maximum absolute atomic E-state index is 6.16. The highest BCUT2D eigenvalue weighted by Crippen LogP contribution is 2.22. The standard InChI is InChI=1S/C19H16ClN9/c1-12-9-17(29-19(23-12)15(20)11-22-29)21-10-13-4-6-14(7-5-13)28-8-2-3-16(28)18-24-26-27-25-18/h2-9,11,21H,10H2,1H3,(H,24,25,26,27). The Kier molecular flexibility index (Phi) is 4.21. The number of halogens is 1. The number of H-pyrrole nitrogens is 1. The number of rotatable bonds is 5. The minimum atomic E-state index is 0.533. The number of nitrogens with zero attached hydrogens (tertiary/aromatic N) is 7. The van der Waals surface area contributed by atoms with Gasteiger partial charge in [-0.25, -0.2) is 4.98 Å². The molecule has 0 spiro atoms. The van der Waals surface area contributed by atoms with Crippen LogP contribution in [-0.2, 0) is 6.54 Å². The van der Waals surface area contributed by atoms with Crippen molar-refractivity contribution in [2.75, 3.05) is 5.32 Å². The summed E-state index contributed by atoms with van der Waals surface area (Å²) in [6.45, 7) is 2.57. The summed E-state index contributed by atoms with van der Waals surface area (Å²) in [7, 11) is 0. The molecular weight excluding hydrogens is 390 g/mol. The molecule has 5 aromatic rings. The second-order valence-electron chi connectivity index (χ2n) is 6.53. The summed E-state index contributed by atoms with van der Waals surface area (Å²) in [5, 5.41) is 22.5. The molecule has 0 unspecified atom stereocenters. The summed E-state index contributed by atoms with van der Waals surface area (Å²) in [6.07, 6.45) is 3.57. The average Bonchev–Trinajstić information content (AvgIpc) is 3.48. The van der Waals surface area contributed by atoms with Crippen LogP contribution in [0.3, 0.4) is 0 Å². The lowest BCUT2D eigenvalue weighted by atomic mass is 10.2. The van der Waals surface area contributed by atoms with E-state index in [1.54, 1.807) is 10.7 Å². The van der Waals surface area contributed by atoms with Crippen LogP contribution >= 0.6 is 11.6 Å². The zero-order valence-corrected chi connectivity index (χ0v) is 16.2. The Morgan fingerprint density at radius 1 is 1.17 bits per heavy atom. The van der Waals surface area contributed by atoms with Gasteiger partial charge in [0.25, 0.3) is 0 Å². The molecule has 0 amide bonds. The first-order valence-corrected chi connectivity index (χ1v) is 9.32. The normalized spacial score (nSPS) is 11.2. The molecule has 29 heavy (non-hydrogen) atoms. The van der Waals surface area contributed by atoms with Gasteiger partial charge in [-0.15, -0.1) is 10.2 Å². The third-order valence-corrected chi connectivity index (χ3v) is 4.83. The Labute approximate surface area is 170 Å². The minimum Gasteiger partial charge on any atom is -0.366 e. The zero-order valence-electron chi connectivity index (χ0n) is 15.4. The number of fused-ring (bicyclic) bond motifs is 1. The molecule has 0 aliphatic rings. The Morgan fingerprint density at radius 3 is 2.83 bits per heavy atom. The van der Waals surface area contributed by atoms with Gasteiger partial charge in [0.05, 0.1) is 11.9 Å². The molecule has 0 saturated carbocycles. The van der Waals surface area contributed by atoms with Crippen molar-refractivity contribution >= 4 is 23.1 Å². The molecule has 9 nitrogen and oxygen atoms in total. The molecule has 0 aliphatic heterocycles. The zero-order chi connectivity index (χ0) is 19.8. The van der Waals surface area contributed by atoms with E-state index in [4.69, 9.17) is 11.6 Å². The SMILES string of the molecule is Cc1cc(NCc2ccc(-n3cccc3-c3nn[nH]n3)cc2)n2ncc(Cl)c2n1. The first-order valence-electron chi connectivity index (χ1n) is 8.94. The van der Waals surface area contributed by atoms with E-state index in [1.807, 2.05) is 35.9 Å². The fraction of sp³-hybridized carbons (Fsp3) is 0.105. The lowest BCUT2D eigenvalue weighted by molar-refractivity contribution is 0.881. The molecular formula is C19H16ClN9. The average molecular weight is 406 g/mol. The topological polar surface area (TPSA) is 102 Å². The van der Waals surface area contributed by atoms with Crippen LogP contribution in [0.2, 0.25) is 5.02 Å². The predicted molar refractivity (Wildman–Crippen MR) is 109 cm³/mol. The van der Waals surface area contributed by atoms with Crippen LogP contribution in [0.15, 0.2) is 54.9 Å². The van der Waals surface area contributed by atoms with Gasteiger partial charge >= 0.3 is 0 Å². The fourth-order valence-electron chi connectivity index (χ4n) is 3.21. The second kappa shape index (κ2) is 7.02. The second-order valence-corrected chi connectivity index (χ2v) is 6.94. The summed E-state index contributed by atoms with van der Waals surface area (Å²) < 4.78 is 3.73. The van der Waals surface area contributed by atoms with Gasteiger partial charge in [-0.3, -0.25) is 0 Å². The molecule has 144 valence electrons. The van der Waals surface area contributed by atoms with Crippen molar-refractivity contribution in [3.8, 4) is 17.2 Å². The number of aromatic nitrogens is 8. The lowest BCUT2D eigenvalue weighted by Crippen LogP contribution is -2.07. The van der Waals surface area contributed by atoms with E-state index >= 15 is 0 Å². The molecule has 0 aliphatic carbocycles. The Balaban J connectivity index is 1.37. The van der Waals surface area contributed by atoms with Gasteiger partial charge in [-0.05, 0) is 42.0 Å². The fourth-order valence-corrected chi connectivity index (χ4v) is 3.37. The Hall–Kier alpha value is -3.72.